The molecule has 47 heavy (non-hydrogen) atoms. The lowest BCUT2D eigenvalue weighted by Crippen LogP contribution is -2.59. The van der Waals surface area contributed by atoms with Gasteiger partial charge in [-0.25, -0.2) is 4.79 Å². The lowest BCUT2D eigenvalue weighted by Gasteiger charge is -2.45. The molecule has 0 unspecified atom stereocenters. The number of azide groups is 3. The van der Waals surface area contributed by atoms with Crippen molar-refractivity contribution in [2.75, 3.05) is 0 Å². The number of carbonyl (C=O) groups is 2. The summed E-state index contributed by atoms with van der Waals surface area (Å²) in [4.78, 5) is 35.8. The van der Waals surface area contributed by atoms with Crippen molar-refractivity contribution in [1.82, 2.24) is 4.90 Å². The number of benzene rings is 2. The fourth-order valence-corrected chi connectivity index (χ4v) is 6.37. The number of aliphatic hydroxyl groups is 1. The predicted octanol–water partition coefficient (Wildman–Crippen LogP) is 6.50. The monoisotopic (exact) mass is 646 g/mol. The van der Waals surface area contributed by atoms with E-state index in [1.807, 2.05) is 67.6 Å². The van der Waals surface area contributed by atoms with Crippen LogP contribution in [0.2, 0.25) is 0 Å². The maximum atomic E-state index is 13.6. The largest absolute Gasteiger partial charge is 0.459 e. The third-order valence-corrected chi connectivity index (χ3v) is 8.76. The van der Waals surface area contributed by atoms with Crippen LogP contribution in [0.1, 0.15) is 50.7 Å². The molecule has 2 saturated carbocycles. The molecule has 9 atom stereocenters. The molecular weight excluding hydrogens is 608 g/mol. The quantitative estimate of drug-likeness (QED) is 0.117. The summed E-state index contributed by atoms with van der Waals surface area (Å²) in [6.45, 7) is 3.49. The molecule has 2 fully saturated rings. The molecule has 248 valence electrons. The third-order valence-electron chi connectivity index (χ3n) is 8.76. The summed E-state index contributed by atoms with van der Waals surface area (Å²) in [6.07, 6.45) is -3.89. The van der Waals surface area contributed by atoms with Crippen LogP contribution in [0.25, 0.3) is 31.3 Å². The van der Waals surface area contributed by atoms with E-state index >= 15 is 0 Å². The Morgan fingerprint density at radius 1 is 0.872 bits per heavy atom. The van der Waals surface area contributed by atoms with Crippen molar-refractivity contribution in [3.8, 4) is 0 Å². The minimum absolute atomic E-state index is 0.0510. The highest BCUT2D eigenvalue weighted by Crippen LogP contribution is 2.37. The first-order valence-electron chi connectivity index (χ1n) is 15.4. The van der Waals surface area contributed by atoms with Crippen LogP contribution in [0, 0.1) is 5.92 Å². The summed E-state index contributed by atoms with van der Waals surface area (Å²) in [5, 5.41) is 22.7. The lowest BCUT2D eigenvalue weighted by molar-refractivity contribution is -0.183. The van der Waals surface area contributed by atoms with Crippen molar-refractivity contribution >= 4 is 12.1 Å². The molecule has 1 amide bonds. The maximum Gasteiger partial charge on any atom is 0.410 e. The number of hydrogen-bond acceptors (Lipinski definition) is 9. The molecule has 0 heterocycles. The van der Waals surface area contributed by atoms with Crippen LogP contribution in [0.5, 0.6) is 0 Å². The van der Waals surface area contributed by atoms with Crippen LogP contribution in [-0.4, -0.2) is 70.7 Å². The number of ether oxygens (including phenoxy) is 3. The van der Waals surface area contributed by atoms with Gasteiger partial charge in [0.25, 0.3) is 0 Å². The molecule has 16 heteroatoms. The van der Waals surface area contributed by atoms with E-state index in [1.54, 1.807) is 4.90 Å². The molecule has 0 saturated heterocycles. The van der Waals surface area contributed by atoms with Crippen molar-refractivity contribution in [2.45, 2.75) is 101 Å². The van der Waals surface area contributed by atoms with Crippen LogP contribution >= 0.6 is 0 Å². The van der Waals surface area contributed by atoms with Gasteiger partial charge in [-0.3, -0.25) is 4.79 Å². The number of carbonyl (C=O) groups excluding carboxylic acids is 2. The number of nitrogens with zero attached hydrogens (tertiary/aromatic N) is 10. The number of rotatable bonds is 12. The molecule has 0 aromatic heterocycles. The molecule has 0 bridgehead atoms. The van der Waals surface area contributed by atoms with Gasteiger partial charge in [-0.1, -0.05) is 76.0 Å². The molecular formula is C31H38N10O6. The van der Waals surface area contributed by atoms with Crippen LogP contribution in [-0.2, 0) is 32.2 Å². The summed E-state index contributed by atoms with van der Waals surface area (Å²) in [7, 11) is 0. The van der Waals surface area contributed by atoms with Crippen molar-refractivity contribution in [2.24, 2.45) is 21.3 Å². The summed E-state index contributed by atoms with van der Waals surface area (Å²) in [5.74, 6) is -0.846. The molecule has 0 radical (unpaired) electrons. The van der Waals surface area contributed by atoms with E-state index in [1.165, 1.54) is 0 Å². The minimum Gasteiger partial charge on any atom is -0.459 e. The van der Waals surface area contributed by atoms with Gasteiger partial charge in [0.15, 0.2) is 0 Å². The Hall–Kier alpha value is -4.97. The Bertz CT molecular complexity index is 1500. The van der Waals surface area contributed by atoms with E-state index < -0.39 is 54.6 Å². The van der Waals surface area contributed by atoms with E-state index in [0.717, 1.165) is 18.1 Å². The van der Waals surface area contributed by atoms with Crippen LogP contribution in [0.4, 0.5) is 4.79 Å². The first-order valence-corrected chi connectivity index (χ1v) is 15.4. The number of esters is 1. The van der Waals surface area contributed by atoms with Crippen LogP contribution < -0.4 is 0 Å². The van der Waals surface area contributed by atoms with Crippen molar-refractivity contribution in [3.63, 3.8) is 0 Å². The standard InChI is InChI=1S/C31H38N10O6/c1-19(41(17-21-9-5-3-6-10-21)31(44)45-18-22-11-7-4-8-12-22)23-13-14-24(35-38-32)27(15-23)47-30-26(37-40-34)16-25(36-39-33)29(28(30)43)46-20(2)42/h3-12,19,23-30,43H,13-18H2,1-2H3/t19-,23+,24+,25+,26-,27-,28+,29-,30+/m0/s1. The topological polar surface area (TPSA) is 232 Å². The van der Waals surface area contributed by atoms with E-state index in [-0.39, 0.29) is 25.0 Å². The van der Waals surface area contributed by atoms with Gasteiger partial charge < -0.3 is 24.2 Å². The van der Waals surface area contributed by atoms with Crippen molar-refractivity contribution in [3.05, 3.63) is 103 Å². The molecule has 4 rings (SSSR count). The van der Waals surface area contributed by atoms with Crippen molar-refractivity contribution in [1.29, 1.82) is 0 Å². The molecule has 0 spiro atoms. The van der Waals surface area contributed by atoms with E-state index in [2.05, 4.69) is 30.1 Å². The van der Waals surface area contributed by atoms with E-state index in [4.69, 9.17) is 19.7 Å². The molecule has 0 aliphatic heterocycles. The highest BCUT2D eigenvalue weighted by atomic mass is 16.6. The highest BCUT2D eigenvalue weighted by molar-refractivity contribution is 5.68. The van der Waals surface area contributed by atoms with Gasteiger partial charge in [-0.2, -0.15) is 0 Å². The third kappa shape index (κ3) is 9.29. The van der Waals surface area contributed by atoms with Gasteiger partial charge in [0.1, 0.15) is 18.8 Å². The smallest absolute Gasteiger partial charge is 0.410 e. The van der Waals surface area contributed by atoms with Gasteiger partial charge >= 0.3 is 12.1 Å². The maximum absolute atomic E-state index is 13.6. The first kappa shape index (κ1) is 34.9. The Morgan fingerprint density at radius 2 is 1.45 bits per heavy atom. The fraction of sp³-hybridized carbons (Fsp3) is 0.548. The molecule has 16 nitrogen and oxygen atoms in total. The van der Waals surface area contributed by atoms with Gasteiger partial charge in [-0.05, 0) is 66.2 Å². The Balaban J connectivity index is 1.58. The predicted molar refractivity (Wildman–Crippen MR) is 169 cm³/mol. The second-order valence-electron chi connectivity index (χ2n) is 11.7. The second-order valence-corrected chi connectivity index (χ2v) is 11.7. The molecule has 1 N–H and O–H groups in total. The Labute approximate surface area is 271 Å². The average Bonchev–Trinajstić information content (AvgIpc) is 3.07. The molecule has 2 aliphatic carbocycles. The molecule has 2 aromatic carbocycles. The SMILES string of the molecule is CC(=O)O[C@@H]1[C@@H](O)[C@H](O[C@H]2C[C@H]([C@H](C)N(Cc3ccccc3)C(=O)OCc3ccccc3)CC[C@H]2N=[N+]=[N-])[C@@H](N=[N+]=[N-])C[C@H]1N=[N+]=[N-]. The van der Waals surface area contributed by atoms with E-state index in [0.29, 0.717) is 25.8 Å². The molecule has 2 aromatic rings. The van der Waals surface area contributed by atoms with Crippen molar-refractivity contribution < 1.29 is 28.9 Å². The van der Waals surface area contributed by atoms with Crippen LogP contribution in [0.3, 0.4) is 0 Å². The number of hydrogen-bond donors (Lipinski definition) is 1. The zero-order valence-electron chi connectivity index (χ0n) is 26.2. The molecule has 2 aliphatic rings. The fourth-order valence-electron chi connectivity index (χ4n) is 6.37. The zero-order chi connectivity index (χ0) is 33.8. The van der Waals surface area contributed by atoms with Gasteiger partial charge in [0.2, 0.25) is 0 Å². The minimum atomic E-state index is -1.52. The first-order chi connectivity index (χ1) is 22.7. The normalized spacial score (nSPS) is 27.5. The summed E-state index contributed by atoms with van der Waals surface area (Å²) < 4.78 is 17.5. The Morgan fingerprint density at radius 3 is 2.04 bits per heavy atom. The summed E-state index contributed by atoms with van der Waals surface area (Å²) in [6, 6.07) is 16.0. The summed E-state index contributed by atoms with van der Waals surface area (Å²) >= 11 is 0. The number of amides is 1. The lowest BCUT2D eigenvalue weighted by atomic mass is 9.79. The second kappa shape index (κ2) is 17.1. The Kier molecular flexibility index (Phi) is 12.7. The average molecular weight is 647 g/mol. The zero-order valence-corrected chi connectivity index (χ0v) is 26.2. The number of aliphatic hydroxyl groups excluding tert-OH is 1. The van der Waals surface area contributed by atoms with Gasteiger partial charge in [0, 0.05) is 34.2 Å². The van der Waals surface area contributed by atoms with E-state index in [9.17, 15) is 25.8 Å². The highest BCUT2D eigenvalue weighted by Gasteiger charge is 2.48. The van der Waals surface area contributed by atoms with Gasteiger partial charge in [0.05, 0.1) is 30.3 Å². The summed E-state index contributed by atoms with van der Waals surface area (Å²) in [5.41, 5.74) is 29.4. The van der Waals surface area contributed by atoms with Gasteiger partial charge in [-0.15, -0.1) is 0 Å². The van der Waals surface area contributed by atoms with Crippen LogP contribution in [0.15, 0.2) is 76.0 Å².